The Morgan fingerprint density at radius 1 is 1.32 bits per heavy atom. The Kier molecular flexibility index (Phi) is 3.36. The summed E-state index contributed by atoms with van der Waals surface area (Å²) in [5.41, 5.74) is 3.48. The van der Waals surface area contributed by atoms with Crippen LogP contribution in [-0.4, -0.2) is 12.5 Å². The maximum Gasteiger partial charge on any atom is 0.265 e. The quantitative estimate of drug-likeness (QED) is 0.882. The predicted molar refractivity (Wildman–Crippen MR) is 78.9 cm³/mol. The summed E-state index contributed by atoms with van der Waals surface area (Å²) in [7, 11) is 0. The molecule has 1 amide bonds. The SMILES string of the molecule is Cc1ccc(C(=O)Nc2cccc3c2CNCC3)s1. The van der Waals surface area contributed by atoms with Gasteiger partial charge in [0.1, 0.15) is 0 Å². The van der Waals surface area contributed by atoms with Gasteiger partial charge in [0, 0.05) is 17.1 Å². The lowest BCUT2D eigenvalue weighted by Gasteiger charge is -2.20. The van der Waals surface area contributed by atoms with Crippen molar-refractivity contribution in [3.8, 4) is 0 Å². The molecule has 1 aliphatic heterocycles. The molecule has 0 saturated heterocycles. The summed E-state index contributed by atoms with van der Waals surface area (Å²) < 4.78 is 0. The molecule has 1 aliphatic rings. The number of nitrogens with one attached hydrogen (secondary N) is 2. The molecule has 1 aromatic heterocycles. The molecule has 0 bridgehead atoms. The van der Waals surface area contributed by atoms with Gasteiger partial charge in [-0.3, -0.25) is 4.79 Å². The molecular weight excluding hydrogens is 256 g/mol. The molecule has 0 saturated carbocycles. The molecule has 2 N–H and O–H groups in total. The molecule has 3 nitrogen and oxygen atoms in total. The van der Waals surface area contributed by atoms with Crippen LogP contribution in [0.5, 0.6) is 0 Å². The molecule has 0 fully saturated rings. The predicted octanol–water partition coefficient (Wildman–Crippen LogP) is 2.95. The minimum absolute atomic E-state index is 0.0166. The van der Waals surface area contributed by atoms with Crippen LogP contribution in [0.4, 0.5) is 5.69 Å². The minimum Gasteiger partial charge on any atom is -0.321 e. The molecule has 0 radical (unpaired) electrons. The van der Waals surface area contributed by atoms with Crippen molar-refractivity contribution in [2.45, 2.75) is 19.9 Å². The van der Waals surface area contributed by atoms with E-state index in [0.29, 0.717) is 0 Å². The molecular formula is C15H16N2OS. The first-order valence-corrected chi connectivity index (χ1v) is 7.25. The number of hydrogen-bond donors (Lipinski definition) is 2. The Balaban J connectivity index is 1.85. The number of thiophene rings is 1. The van der Waals surface area contributed by atoms with Crippen LogP contribution in [0.2, 0.25) is 0 Å². The van der Waals surface area contributed by atoms with Gasteiger partial charge in [0.25, 0.3) is 5.91 Å². The van der Waals surface area contributed by atoms with Crippen LogP contribution in [0.1, 0.15) is 25.7 Å². The first kappa shape index (κ1) is 12.4. The summed E-state index contributed by atoms with van der Waals surface area (Å²) in [6.07, 6.45) is 1.02. The standard InChI is InChI=1S/C15H16N2OS/c1-10-5-6-14(19-10)15(18)17-13-4-2-3-11-7-8-16-9-12(11)13/h2-6,16H,7-9H2,1H3,(H,17,18). The van der Waals surface area contributed by atoms with Gasteiger partial charge in [-0.15, -0.1) is 11.3 Å². The number of aryl methyl sites for hydroxylation is 1. The second kappa shape index (κ2) is 5.15. The average Bonchev–Trinajstić information content (AvgIpc) is 2.86. The normalized spacial score (nSPS) is 13.9. The van der Waals surface area contributed by atoms with Crippen molar-refractivity contribution in [1.82, 2.24) is 5.32 Å². The molecule has 0 spiro atoms. The third kappa shape index (κ3) is 2.55. The first-order valence-electron chi connectivity index (χ1n) is 6.43. The van der Waals surface area contributed by atoms with Crippen LogP contribution in [0.25, 0.3) is 0 Å². The van der Waals surface area contributed by atoms with Crippen LogP contribution in [0.3, 0.4) is 0 Å². The van der Waals surface area contributed by atoms with Gasteiger partial charge >= 0.3 is 0 Å². The van der Waals surface area contributed by atoms with E-state index in [4.69, 9.17) is 0 Å². The van der Waals surface area contributed by atoms with Crippen molar-refractivity contribution in [3.05, 3.63) is 51.2 Å². The van der Waals surface area contributed by atoms with Crippen molar-refractivity contribution in [3.63, 3.8) is 0 Å². The highest BCUT2D eigenvalue weighted by atomic mass is 32.1. The van der Waals surface area contributed by atoms with E-state index in [2.05, 4.69) is 16.7 Å². The summed E-state index contributed by atoms with van der Waals surface area (Å²) in [6.45, 7) is 3.85. The summed E-state index contributed by atoms with van der Waals surface area (Å²) in [4.78, 5) is 14.1. The van der Waals surface area contributed by atoms with E-state index in [1.807, 2.05) is 31.2 Å². The number of hydrogen-bond acceptors (Lipinski definition) is 3. The monoisotopic (exact) mass is 272 g/mol. The van der Waals surface area contributed by atoms with Gasteiger partial charge in [0.15, 0.2) is 0 Å². The summed E-state index contributed by atoms with van der Waals surface area (Å²) in [5, 5.41) is 6.38. The van der Waals surface area contributed by atoms with E-state index >= 15 is 0 Å². The third-order valence-electron chi connectivity index (χ3n) is 3.36. The fourth-order valence-electron chi connectivity index (χ4n) is 2.37. The lowest BCUT2D eigenvalue weighted by Crippen LogP contribution is -2.25. The number of amides is 1. The molecule has 0 aliphatic carbocycles. The smallest absolute Gasteiger partial charge is 0.265 e. The van der Waals surface area contributed by atoms with Crippen LogP contribution < -0.4 is 10.6 Å². The minimum atomic E-state index is -0.0166. The van der Waals surface area contributed by atoms with Gasteiger partial charge in [-0.1, -0.05) is 12.1 Å². The second-order valence-corrected chi connectivity index (χ2v) is 6.02. The van der Waals surface area contributed by atoms with E-state index in [0.717, 1.165) is 35.0 Å². The van der Waals surface area contributed by atoms with E-state index in [9.17, 15) is 4.79 Å². The maximum atomic E-state index is 12.2. The molecule has 3 rings (SSSR count). The van der Waals surface area contributed by atoms with E-state index < -0.39 is 0 Å². The largest absolute Gasteiger partial charge is 0.321 e. The Labute approximate surface area is 116 Å². The molecule has 1 aromatic carbocycles. The van der Waals surface area contributed by atoms with Gasteiger partial charge in [-0.2, -0.15) is 0 Å². The summed E-state index contributed by atoms with van der Waals surface area (Å²) in [5.74, 6) is -0.0166. The zero-order valence-corrected chi connectivity index (χ0v) is 11.6. The highest BCUT2D eigenvalue weighted by Gasteiger charge is 2.15. The van der Waals surface area contributed by atoms with Gasteiger partial charge in [0.2, 0.25) is 0 Å². The van der Waals surface area contributed by atoms with Crippen molar-refractivity contribution < 1.29 is 4.79 Å². The van der Waals surface area contributed by atoms with Crippen LogP contribution in [0.15, 0.2) is 30.3 Å². The fraction of sp³-hybridized carbons (Fsp3) is 0.267. The summed E-state index contributed by atoms with van der Waals surface area (Å²) >= 11 is 1.52. The molecule has 2 aromatic rings. The van der Waals surface area contributed by atoms with Crippen molar-refractivity contribution in [2.75, 3.05) is 11.9 Å². The number of carbonyl (C=O) groups excluding carboxylic acids is 1. The number of carbonyl (C=O) groups is 1. The zero-order valence-electron chi connectivity index (χ0n) is 10.8. The fourth-order valence-corrected chi connectivity index (χ4v) is 3.13. The number of benzene rings is 1. The average molecular weight is 272 g/mol. The van der Waals surface area contributed by atoms with Crippen LogP contribution >= 0.6 is 11.3 Å². The zero-order chi connectivity index (χ0) is 13.2. The van der Waals surface area contributed by atoms with E-state index in [1.54, 1.807) is 0 Å². The lowest BCUT2D eigenvalue weighted by atomic mass is 9.99. The Morgan fingerprint density at radius 3 is 3.00 bits per heavy atom. The van der Waals surface area contributed by atoms with Crippen molar-refractivity contribution in [1.29, 1.82) is 0 Å². The highest BCUT2D eigenvalue weighted by molar-refractivity contribution is 7.14. The molecule has 19 heavy (non-hydrogen) atoms. The van der Waals surface area contributed by atoms with E-state index in [-0.39, 0.29) is 5.91 Å². The lowest BCUT2D eigenvalue weighted by molar-refractivity contribution is 0.103. The molecule has 2 heterocycles. The molecule has 0 unspecified atom stereocenters. The Hall–Kier alpha value is -1.65. The summed E-state index contributed by atoms with van der Waals surface area (Å²) in [6, 6.07) is 9.98. The van der Waals surface area contributed by atoms with Crippen molar-refractivity contribution in [2.24, 2.45) is 0 Å². The van der Waals surface area contributed by atoms with Gasteiger partial charge in [0.05, 0.1) is 4.88 Å². The molecule has 0 atom stereocenters. The Bertz CT molecular complexity index is 618. The topological polar surface area (TPSA) is 41.1 Å². The van der Waals surface area contributed by atoms with E-state index in [1.165, 1.54) is 22.5 Å². The second-order valence-electron chi connectivity index (χ2n) is 4.73. The van der Waals surface area contributed by atoms with Crippen LogP contribution in [0, 0.1) is 6.92 Å². The van der Waals surface area contributed by atoms with Crippen molar-refractivity contribution >= 4 is 22.9 Å². The molecule has 98 valence electrons. The van der Waals surface area contributed by atoms with Gasteiger partial charge in [-0.25, -0.2) is 0 Å². The Morgan fingerprint density at radius 2 is 2.21 bits per heavy atom. The van der Waals surface area contributed by atoms with Gasteiger partial charge < -0.3 is 10.6 Å². The van der Waals surface area contributed by atoms with Crippen LogP contribution in [-0.2, 0) is 13.0 Å². The third-order valence-corrected chi connectivity index (χ3v) is 4.36. The highest BCUT2D eigenvalue weighted by Crippen LogP contribution is 2.24. The number of rotatable bonds is 2. The van der Waals surface area contributed by atoms with Gasteiger partial charge in [-0.05, 0) is 49.2 Å². The first-order chi connectivity index (χ1) is 9.24. The maximum absolute atomic E-state index is 12.2. The number of fused-ring (bicyclic) bond motifs is 1. The molecule has 4 heteroatoms. The number of anilines is 1.